The number of hydrogen-bond acceptors (Lipinski definition) is 4. The van der Waals surface area contributed by atoms with Gasteiger partial charge in [-0.05, 0) is 38.1 Å². The van der Waals surface area contributed by atoms with E-state index in [9.17, 15) is 0 Å². The minimum Gasteiger partial charge on any atom is -0.493 e. The molecular weight excluding hydrogens is 288 g/mol. The van der Waals surface area contributed by atoms with Crippen molar-refractivity contribution in [2.45, 2.75) is 31.8 Å². The van der Waals surface area contributed by atoms with Gasteiger partial charge in [-0.15, -0.1) is 0 Å². The van der Waals surface area contributed by atoms with Crippen LogP contribution in [0.4, 0.5) is 0 Å². The van der Waals surface area contributed by atoms with Gasteiger partial charge in [0.2, 0.25) is 0 Å². The first-order valence-corrected chi connectivity index (χ1v) is 7.85. The van der Waals surface area contributed by atoms with Crippen molar-refractivity contribution < 1.29 is 9.47 Å². The number of hydrogen-bond donors (Lipinski definition) is 1. The molecule has 0 aliphatic carbocycles. The van der Waals surface area contributed by atoms with Crippen molar-refractivity contribution >= 4 is 11.6 Å². The van der Waals surface area contributed by atoms with Crippen LogP contribution in [0.3, 0.4) is 0 Å². The van der Waals surface area contributed by atoms with Gasteiger partial charge in [0.25, 0.3) is 0 Å². The van der Waals surface area contributed by atoms with Gasteiger partial charge >= 0.3 is 0 Å². The van der Waals surface area contributed by atoms with E-state index in [1.807, 2.05) is 12.1 Å². The number of nitrogens with one attached hydrogen (secondary N) is 1. The summed E-state index contributed by atoms with van der Waals surface area (Å²) in [7, 11) is 5.43. The lowest BCUT2D eigenvalue weighted by Crippen LogP contribution is -2.42. The maximum atomic E-state index is 6.39. The summed E-state index contributed by atoms with van der Waals surface area (Å²) >= 11 is 6.39. The third-order valence-corrected chi connectivity index (χ3v) is 4.60. The number of halogens is 1. The van der Waals surface area contributed by atoms with E-state index >= 15 is 0 Å². The number of methoxy groups -OCH3 is 2. The molecule has 0 amide bonds. The molecule has 1 aliphatic rings. The molecule has 0 spiro atoms. The van der Waals surface area contributed by atoms with Crippen LogP contribution in [-0.2, 0) is 6.54 Å². The highest BCUT2D eigenvalue weighted by Crippen LogP contribution is 2.37. The van der Waals surface area contributed by atoms with Crippen molar-refractivity contribution in [3.63, 3.8) is 0 Å². The van der Waals surface area contributed by atoms with E-state index in [2.05, 4.69) is 17.3 Å². The predicted molar refractivity (Wildman–Crippen MR) is 86.5 cm³/mol. The van der Waals surface area contributed by atoms with E-state index in [1.165, 1.54) is 25.8 Å². The summed E-state index contributed by atoms with van der Waals surface area (Å²) in [6.07, 6.45) is 3.91. The first-order valence-electron chi connectivity index (χ1n) is 7.47. The largest absolute Gasteiger partial charge is 0.493 e. The minimum atomic E-state index is 0.605. The third-order valence-electron chi connectivity index (χ3n) is 4.18. The summed E-state index contributed by atoms with van der Waals surface area (Å²) in [6.45, 7) is 2.92. The van der Waals surface area contributed by atoms with Crippen LogP contribution < -0.4 is 14.8 Å². The van der Waals surface area contributed by atoms with E-state index in [0.717, 1.165) is 18.7 Å². The summed E-state index contributed by atoms with van der Waals surface area (Å²) in [5.74, 6) is 1.27. The van der Waals surface area contributed by atoms with E-state index in [1.54, 1.807) is 14.2 Å². The van der Waals surface area contributed by atoms with Crippen molar-refractivity contribution in [3.05, 3.63) is 22.7 Å². The van der Waals surface area contributed by atoms with Crippen LogP contribution in [0.1, 0.15) is 24.8 Å². The molecule has 4 nitrogen and oxygen atoms in total. The SMILES string of the molecule is COc1ccc(CNCC2CCCCN2C)c(Cl)c1OC. The molecule has 1 aromatic rings. The van der Waals surface area contributed by atoms with Crippen molar-refractivity contribution in [1.82, 2.24) is 10.2 Å². The van der Waals surface area contributed by atoms with Gasteiger partial charge in [0.05, 0.1) is 19.2 Å². The van der Waals surface area contributed by atoms with Gasteiger partial charge in [0.15, 0.2) is 11.5 Å². The zero-order valence-corrected chi connectivity index (χ0v) is 13.9. The molecule has 1 saturated heterocycles. The molecule has 1 aromatic carbocycles. The van der Waals surface area contributed by atoms with Crippen molar-refractivity contribution in [2.75, 3.05) is 34.4 Å². The number of ether oxygens (including phenoxy) is 2. The molecule has 21 heavy (non-hydrogen) atoms. The molecule has 1 N–H and O–H groups in total. The Bertz CT molecular complexity index is 468. The van der Waals surface area contributed by atoms with Crippen molar-refractivity contribution in [1.29, 1.82) is 0 Å². The lowest BCUT2D eigenvalue weighted by atomic mass is 10.0. The van der Waals surface area contributed by atoms with E-state index in [0.29, 0.717) is 22.6 Å². The molecule has 5 heteroatoms. The Hall–Kier alpha value is -0.970. The van der Waals surface area contributed by atoms with E-state index in [-0.39, 0.29) is 0 Å². The first-order chi connectivity index (χ1) is 10.2. The Kier molecular flexibility index (Phi) is 6.15. The number of piperidine rings is 1. The van der Waals surface area contributed by atoms with Gasteiger partial charge in [0.1, 0.15) is 0 Å². The average molecular weight is 313 g/mol. The molecule has 118 valence electrons. The number of rotatable bonds is 6. The Balaban J connectivity index is 1.94. The van der Waals surface area contributed by atoms with Crippen molar-refractivity contribution in [2.24, 2.45) is 0 Å². The summed E-state index contributed by atoms with van der Waals surface area (Å²) in [5, 5.41) is 4.14. The number of likely N-dealkylation sites (N-methyl/N-ethyl adjacent to an activating group) is 1. The smallest absolute Gasteiger partial charge is 0.179 e. The monoisotopic (exact) mass is 312 g/mol. The fourth-order valence-electron chi connectivity index (χ4n) is 2.84. The van der Waals surface area contributed by atoms with E-state index in [4.69, 9.17) is 21.1 Å². The second-order valence-corrected chi connectivity index (χ2v) is 5.91. The molecule has 1 heterocycles. The van der Waals surface area contributed by atoms with Gasteiger partial charge in [-0.3, -0.25) is 0 Å². The fourth-order valence-corrected chi connectivity index (χ4v) is 3.14. The highest BCUT2D eigenvalue weighted by molar-refractivity contribution is 6.33. The number of likely N-dealkylation sites (tertiary alicyclic amines) is 1. The fraction of sp³-hybridized carbons (Fsp3) is 0.625. The number of benzene rings is 1. The van der Waals surface area contributed by atoms with Crippen LogP contribution >= 0.6 is 11.6 Å². The molecule has 0 bridgehead atoms. The van der Waals surface area contributed by atoms with Crippen LogP contribution in [-0.4, -0.2) is 45.3 Å². The summed E-state index contributed by atoms with van der Waals surface area (Å²) in [6, 6.07) is 4.51. The van der Waals surface area contributed by atoms with Gasteiger partial charge in [-0.2, -0.15) is 0 Å². The zero-order chi connectivity index (χ0) is 15.2. The normalized spacial score (nSPS) is 19.5. The van der Waals surface area contributed by atoms with Gasteiger partial charge in [0, 0.05) is 19.1 Å². The number of nitrogens with zero attached hydrogens (tertiary/aromatic N) is 1. The lowest BCUT2D eigenvalue weighted by molar-refractivity contribution is 0.181. The summed E-state index contributed by atoms with van der Waals surface area (Å²) < 4.78 is 10.6. The van der Waals surface area contributed by atoms with Crippen LogP contribution in [0.15, 0.2) is 12.1 Å². The minimum absolute atomic E-state index is 0.605. The summed E-state index contributed by atoms with van der Waals surface area (Å²) in [4.78, 5) is 2.44. The zero-order valence-electron chi connectivity index (χ0n) is 13.1. The van der Waals surface area contributed by atoms with Crippen LogP contribution in [0, 0.1) is 0 Å². The van der Waals surface area contributed by atoms with Crippen LogP contribution in [0.5, 0.6) is 11.5 Å². The van der Waals surface area contributed by atoms with Gasteiger partial charge in [-0.25, -0.2) is 0 Å². The van der Waals surface area contributed by atoms with Gasteiger partial charge < -0.3 is 19.7 Å². The Morgan fingerprint density at radius 2 is 2.10 bits per heavy atom. The molecular formula is C16H25ClN2O2. The maximum absolute atomic E-state index is 6.39. The van der Waals surface area contributed by atoms with Gasteiger partial charge in [-0.1, -0.05) is 24.1 Å². The average Bonchev–Trinajstić information content (AvgIpc) is 2.50. The molecule has 1 aliphatic heterocycles. The third kappa shape index (κ3) is 4.02. The molecule has 0 radical (unpaired) electrons. The molecule has 1 atom stereocenters. The first kappa shape index (κ1) is 16.4. The second kappa shape index (κ2) is 7.87. The van der Waals surface area contributed by atoms with Crippen LogP contribution in [0.25, 0.3) is 0 Å². The predicted octanol–water partition coefficient (Wildman–Crippen LogP) is 2.93. The Morgan fingerprint density at radius 1 is 1.29 bits per heavy atom. The van der Waals surface area contributed by atoms with E-state index < -0.39 is 0 Å². The van der Waals surface area contributed by atoms with Crippen molar-refractivity contribution in [3.8, 4) is 11.5 Å². The highest BCUT2D eigenvalue weighted by atomic mass is 35.5. The molecule has 1 unspecified atom stereocenters. The standard InChI is InChI=1S/C16H25ClN2O2/c1-19-9-5-4-6-13(19)11-18-10-12-7-8-14(20-2)16(21-3)15(12)17/h7-8,13,18H,4-6,9-11H2,1-3H3. The Morgan fingerprint density at radius 3 is 2.76 bits per heavy atom. The lowest BCUT2D eigenvalue weighted by Gasteiger charge is -2.32. The highest BCUT2D eigenvalue weighted by Gasteiger charge is 2.18. The summed E-state index contributed by atoms with van der Waals surface area (Å²) in [5.41, 5.74) is 1.03. The molecule has 1 fully saturated rings. The molecule has 0 saturated carbocycles. The second-order valence-electron chi connectivity index (χ2n) is 5.54. The quantitative estimate of drug-likeness (QED) is 0.875. The molecule has 0 aromatic heterocycles. The van der Waals surface area contributed by atoms with Crippen LogP contribution in [0.2, 0.25) is 5.02 Å². The topological polar surface area (TPSA) is 33.7 Å². The Labute approximate surface area is 132 Å². The maximum Gasteiger partial charge on any atom is 0.179 e. The molecule has 2 rings (SSSR count).